The van der Waals surface area contributed by atoms with Crippen LogP contribution in [0.1, 0.15) is 17.8 Å². The van der Waals surface area contributed by atoms with Gasteiger partial charge < -0.3 is 14.1 Å². The minimum Gasteiger partial charge on any atom is -0.423 e. The molecule has 2 heterocycles. The number of ether oxygens (including phenoxy) is 1. The van der Waals surface area contributed by atoms with Crippen LogP contribution >= 0.6 is 0 Å². The molecular weight excluding hydrogens is 210 g/mol. The minimum atomic E-state index is -0.305. The van der Waals surface area contributed by atoms with Crippen LogP contribution in [0.25, 0.3) is 0 Å². The number of carbonyl (C=O) groups is 1. The molecule has 1 aromatic heterocycles. The molecular formula is C10H13N3O3. The molecule has 0 aliphatic carbocycles. The number of amides is 1. The van der Waals surface area contributed by atoms with E-state index in [0.29, 0.717) is 31.5 Å². The molecule has 6 heteroatoms. The highest BCUT2D eigenvalue weighted by atomic mass is 16.5. The number of nitrogens with zero attached hydrogens (tertiary/aromatic N) is 3. The quantitative estimate of drug-likeness (QED) is 0.681. The molecule has 1 saturated heterocycles. The van der Waals surface area contributed by atoms with Crippen molar-refractivity contribution in [3.8, 4) is 0 Å². The summed E-state index contributed by atoms with van der Waals surface area (Å²) in [7, 11) is 0. The monoisotopic (exact) mass is 223 g/mol. The number of hydrogen-bond acceptors (Lipinski definition) is 5. The summed E-state index contributed by atoms with van der Waals surface area (Å²) in [5.41, 5.74) is 0. The predicted octanol–water partition coefficient (Wildman–Crippen LogP) is 0.464. The van der Waals surface area contributed by atoms with E-state index in [1.807, 2.05) is 0 Å². The van der Waals surface area contributed by atoms with Crippen LogP contribution in [-0.2, 0) is 9.53 Å². The summed E-state index contributed by atoms with van der Waals surface area (Å²) in [5, 5.41) is 7.66. The van der Waals surface area contributed by atoms with Crippen molar-refractivity contribution in [3.63, 3.8) is 0 Å². The van der Waals surface area contributed by atoms with E-state index in [0.717, 1.165) is 0 Å². The Morgan fingerprint density at radius 3 is 3.06 bits per heavy atom. The Kier molecular flexibility index (Phi) is 3.00. The molecule has 0 N–H and O–H groups in total. The van der Waals surface area contributed by atoms with Gasteiger partial charge in [-0.1, -0.05) is 6.58 Å². The van der Waals surface area contributed by atoms with E-state index in [2.05, 4.69) is 16.8 Å². The van der Waals surface area contributed by atoms with Gasteiger partial charge in [-0.25, -0.2) is 0 Å². The van der Waals surface area contributed by atoms with Gasteiger partial charge in [0.1, 0.15) is 6.04 Å². The third kappa shape index (κ3) is 1.96. The summed E-state index contributed by atoms with van der Waals surface area (Å²) in [6.07, 6.45) is 1.28. The van der Waals surface area contributed by atoms with Gasteiger partial charge in [0.15, 0.2) is 0 Å². The molecule has 2 rings (SSSR count). The van der Waals surface area contributed by atoms with Crippen LogP contribution in [0.3, 0.4) is 0 Å². The minimum absolute atomic E-state index is 0.149. The first kappa shape index (κ1) is 10.8. The normalized spacial score (nSPS) is 20.8. The Morgan fingerprint density at radius 2 is 2.44 bits per heavy atom. The molecule has 1 aliphatic heterocycles. The second kappa shape index (κ2) is 4.44. The molecule has 0 radical (unpaired) electrons. The molecule has 16 heavy (non-hydrogen) atoms. The lowest BCUT2D eigenvalue weighted by molar-refractivity contribution is -0.135. The number of aryl methyl sites for hydroxylation is 1. The molecule has 1 fully saturated rings. The Hall–Kier alpha value is -1.69. The summed E-state index contributed by atoms with van der Waals surface area (Å²) >= 11 is 0. The first-order valence-corrected chi connectivity index (χ1v) is 5.03. The van der Waals surface area contributed by atoms with Gasteiger partial charge >= 0.3 is 0 Å². The van der Waals surface area contributed by atoms with Gasteiger partial charge in [-0.15, -0.1) is 10.2 Å². The molecule has 0 saturated carbocycles. The summed E-state index contributed by atoms with van der Waals surface area (Å²) in [6.45, 7) is 6.58. The maximum atomic E-state index is 11.6. The van der Waals surface area contributed by atoms with E-state index in [9.17, 15) is 4.79 Å². The first-order chi connectivity index (χ1) is 7.72. The van der Waals surface area contributed by atoms with Crippen LogP contribution in [0, 0.1) is 6.92 Å². The van der Waals surface area contributed by atoms with E-state index < -0.39 is 0 Å². The second-order valence-electron chi connectivity index (χ2n) is 3.49. The van der Waals surface area contributed by atoms with Gasteiger partial charge in [0, 0.05) is 13.5 Å². The molecule has 86 valence electrons. The Balaban J connectivity index is 2.22. The van der Waals surface area contributed by atoms with Crippen LogP contribution in [-0.4, -0.2) is 40.8 Å². The first-order valence-electron chi connectivity index (χ1n) is 5.03. The van der Waals surface area contributed by atoms with Crippen molar-refractivity contribution in [2.24, 2.45) is 0 Å². The molecule has 0 bridgehead atoms. The fraction of sp³-hybridized carbons (Fsp3) is 0.500. The summed E-state index contributed by atoms with van der Waals surface area (Å²) < 4.78 is 10.6. The van der Waals surface area contributed by atoms with Crippen molar-refractivity contribution in [2.75, 3.05) is 19.8 Å². The van der Waals surface area contributed by atoms with Crippen molar-refractivity contribution in [1.82, 2.24) is 15.1 Å². The average Bonchev–Trinajstić information content (AvgIpc) is 2.75. The fourth-order valence-electron chi connectivity index (χ4n) is 1.64. The highest BCUT2D eigenvalue weighted by Crippen LogP contribution is 2.23. The molecule has 1 atom stereocenters. The number of carbonyl (C=O) groups excluding carboxylic acids is 1. The summed E-state index contributed by atoms with van der Waals surface area (Å²) in [6, 6.07) is -0.305. The van der Waals surface area contributed by atoms with Gasteiger partial charge in [0.25, 0.3) is 0 Å². The van der Waals surface area contributed by atoms with Crippen LogP contribution in [0.4, 0.5) is 0 Å². The zero-order valence-electron chi connectivity index (χ0n) is 9.05. The molecule has 6 nitrogen and oxygen atoms in total. The zero-order chi connectivity index (χ0) is 11.5. The second-order valence-corrected chi connectivity index (χ2v) is 3.49. The Labute approximate surface area is 92.9 Å². The maximum absolute atomic E-state index is 11.6. The largest absolute Gasteiger partial charge is 0.423 e. The van der Waals surface area contributed by atoms with Gasteiger partial charge in [-0.3, -0.25) is 4.79 Å². The maximum Gasteiger partial charge on any atom is 0.246 e. The molecule has 0 unspecified atom stereocenters. The van der Waals surface area contributed by atoms with Crippen LogP contribution < -0.4 is 0 Å². The van der Waals surface area contributed by atoms with E-state index in [-0.39, 0.29) is 11.9 Å². The van der Waals surface area contributed by atoms with Crippen molar-refractivity contribution in [2.45, 2.75) is 13.0 Å². The van der Waals surface area contributed by atoms with Crippen molar-refractivity contribution in [1.29, 1.82) is 0 Å². The molecule has 1 aromatic rings. The van der Waals surface area contributed by atoms with Crippen molar-refractivity contribution in [3.05, 3.63) is 24.4 Å². The smallest absolute Gasteiger partial charge is 0.246 e. The van der Waals surface area contributed by atoms with Crippen molar-refractivity contribution < 1.29 is 13.9 Å². The van der Waals surface area contributed by atoms with E-state index in [4.69, 9.17) is 9.15 Å². The van der Waals surface area contributed by atoms with Crippen LogP contribution in [0.15, 0.2) is 17.1 Å². The highest BCUT2D eigenvalue weighted by Gasteiger charge is 2.31. The van der Waals surface area contributed by atoms with Crippen molar-refractivity contribution >= 4 is 5.91 Å². The van der Waals surface area contributed by atoms with E-state index in [1.165, 1.54) is 6.08 Å². The lowest BCUT2D eigenvalue weighted by Crippen LogP contribution is -2.42. The molecule has 0 spiro atoms. The predicted molar refractivity (Wildman–Crippen MR) is 54.5 cm³/mol. The topological polar surface area (TPSA) is 68.5 Å². The van der Waals surface area contributed by atoms with Crippen LogP contribution in [0.5, 0.6) is 0 Å². The number of aromatic nitrogens is 2. The summed E-state index contributed by atoms with van der Waals surface area (Å²) in [4.78, 5) is 13.2. The molecule has 0 aromatic carbocycles. The summed E-state index contributed by atoms with van der Waals surface area (Å²) in [5.74, 6) is 0.739. The lowest BCUT2D eigenvalue weighted by Gasteiger charge is -2.32. The Bertz CT molecular complexity index is 402. The standard InChI is InChI=1S/C10H13N3O3/c1-3-9(14)13-4-5-15-6-8(13)10-12-11-7(2)16-10/h3,8H,1,4-6H2,2H3/t8-/m0/s1. The van der Waals surface area contributed by atoms with Gasteiger partial charge in [-0.05, 0) is 6.08 Å². The third-order valence-corrected chi connectivity index (χ3v) is 2.41. The van der Waals surface area contributed by atoms with E-state index >= 15 is 0 Å². The number of morpholine rings is 1. The lowest BCUT2D eigenvalue weighted by atomic mass is 10.2. The highest BCUT2D eigenvalue weighted by molar-refractivity contribution is 5.87. The fourth-order valence-corrected chi connectivity index (χ4v) is 1.64. The van der Waals surface area contributed by atoms with Gasteiger partial charge in [0.05, 0.1) is 13.2 Å². The number of rotatable bonds is 2. The average molecular weight is 223 g/mol. The Morgan fingerprint density at radius 1 is 1.62 bits per heavy atom. The molecule has 1 aliphatic rings. The number of hydrogen-bond donors (Lipinski definition) is 0. The van der Waals surface area contributed by atoms with E-state index in [1.54, 1.807) is 11.8 Å². The van der Waals surface area contributed by atoms with Gasteiger partial charge in [0.2, 0.25) is 17.7 Å². The van der Waals surface area contributed by atoms with Crippen LogP contribution in [0.2, 0.25) is 0 Å². The SMILES string of the molecule is C=CC(=O)N1CCOC[C@H]1c1nnc(C)o1. The molecule has 1 amide bonds. The zero-order valence-corrected chi connectivity index (χ0v) is 9.05. The third-order valence-electron chi connectivity index (χ3n) is 2.41. The van der Waals surface area contributed by atoms with Gasteiger partial charge in [-0.2, -0.15) is 0 Å².